The van der Waals surface area contributed by atoms with Crippen LogP contribution in [0.25, 0.3) is 16.0 Å². The Bertz CT molecular complexity index is 1340. The zero-order chi connectivity index (χ0) is 19.1. The predicted molar refractivity (Wildman–Crippen MR) is 113 cm³/mol. The first-order valence-electron chi connectivity index (χ1n) is 8.29. The van der Waals surface area contributed by atoms with E-state index in [0.717, 1.165) is 26.5 Å². The molecule has 140 valence electrons. The Balaban J connectivity index is 1.40. The number of thiophene rings is 1. The number of nitrogens with zero attached hydrogens (tertiary/aromatic N) is 6. The summed E-state index contributed by atoms with van der Waals surface area (Å²) in [5.74, 6) is 1.88. The molecule has 0 fully saturated rings. The molecule has 4 heterocycles. The average Bonchev–Trinajstić information content (AvgIpc) is 3.44. The van der Waals surface area contributed by atoms with Gasteiger partial charge in [0.05, 0.1) is 11.3 Å². The Morgan fingerprint density at radius 1 is 1.11 bits per heavy atom. The molecule has 0 unspecified atom stereocenters. The smallest absolute Gasteiger partial charge is 0.272 e. The van der Waals surface area contributed by atoms with Crippen molar-refractivity contribution in [2.24, 2.45) is 7.05 Å². The number of para-hydroxylation sites is 1. The van der Waals surface area contributed by atoms with Crippen LogP contribution in [-0.4, -0.2) is 29.4 Å². The number of nitrogens with one attached hydrogen (secondary N) is 1. The minimum absolute atomic E-state index is 0.0511. The molecule has 4 aromatic heterocycles. The maximum atomic E-state index is 12.4. The maximum Gasteiger partial charge on any atom is 0.272 e. The van der Waals surface area contributed by atoms with Crippen molar-refractivity contribution < 1.29 is 0 Å². The van der Waals surface area contributed by atoms with Crippen molar-refractivity contribution in [1.29, 1.82) is 0 Å². The van der Waals surface area contributed by atoms with Crippen LogP contribution in [0.4, 0.5) is 10.8 Å². The summed E-state index contributed by atoms with van der Waals surface area (Å²) in [4.78, 5) is 12.4. The Morgan fingerprint density at radius 3 is 2.82 bits per heavy atom. The van der Waals surface area contributed by atoms with E-state index in [-0.39, 0.29) is 5.56 Å². The fourth-order valence-corrected chi connectivity index (χ4v) is 5.37. The summed E-state index contributed by atoms with van der Waals surface area (Å²) in [6.45, 7) is 0. The van der Waals surface area contributed by atoms with Crippen molar-refractivity contribution in [1.82, 2.24) is 29.4 Å². The van der Waals surface area contributed by atoms with Gasteiger partial charge in [0.2, 0.25) is 10.9 Å². The lowest BCUT2D eigenvalue weighted by atomic mass is 10.3. The molecule has 1 N–H and O–H groups in total. The summed E-state index contributed by atoms with van der Waals surface area (Å²) >= 11 is 4.46. The number of anilines is 2. The second kappa shape index (κ2) is 7.00. The normalized spacial score (nSPS) is 11.5. The molecule has 11 heteroatoms. The van der Waals surface area contributed by atoms with Crippen LogP contribution in [0, 0.1) is 0 Å². The van der Waals surface area contributed by atoms with E-state index in [2.05, 4.69) is 25.7 Å². The molecule has 8 nitrogen and oxygen atoms in total. The van der Waals surface area contributed by atoms with E-state index in [0.29, 0.717) is 16.2 Å². The molecule has 0 amide bonds. The summed E-state index contributed by atoms with van der Waals surface area (Å²) in [7, 11) is 1.72. The van der Waals surface area contributed by atoms with E-state index < -0.39 is 0 Å². The molecule has 0 bridgehead atoms. The zero-order valence-electron chi connectivity index (χ0n) is 14.6. The van der Waals surface area contributed by atoms with Crippen LogP contribution in [0.5, 0.6) is 0 Å². The Morgan fingerprint density at radius 2 is 1.96 bits per heavy atom. The van der Waals surface area contributed by atoms with Crippen LogP contribution >= 0.6 is 34.4 Å². The van der Waals surface area contributed by atoms with Crippen molar-refractivity contribution in [2.45, 2.75) is 10.1 Å². The van der Waals surface area contributed by atoms with Gasteiger partial charge >= 0.3 is 0 Å². The molecule has 0 saturated carbocycles. The number of benzene rings is 1. The Kier molecular flexibility index (Phi) is 4.34. The van der Waals surface area contributed by atoms with Gasteiger partial charge in [0.15, 0.2) is 4.34 Å². The molecule has 0 aliphatic rings. The first kappa shape index (κ1) is 17.3. The van der Waals surface area contributed by atoms with Crippen LogP contribution in [0.3, 0.4) is 0 Å². The van der Waals surface area contributed by atoms with Crippen molar-refractivity contribution >= 4 is 61.2 Å². The number of rotatable bonds is 5. The fourth-order valence-electron chi connectivity index (χ4n) is 2.84. The third kappa shape index (κ3) is 2.97. The molecule has 0 atom stereocenters. The first-order valence-corrected chi connectivity index (χ1v) is 11.0. The van der Waals surface area contributed by atoms with Crippen molar-refractivity contribution in [3.8, 4) is 0 Å². The van der Waals surface area contributed by atoms with Gasteiger partial charge in [-0.15, -0.1) is 31.7 Å². The molecule has 28 heavy (non-hydrogen) atoms. The monoisotopic (exact) mass is 427 g/mol. The molecular formula is C17H13N7OS3. The molecule has 0 spiro atoms. The standard InChI is InChI=1S/C17H13N7OS3/c1-23-14(25)13-11(7-8-26-13)24-12(19-21-16(23)24)9-27-17-22-20-15(28-17)18-10-5-3-2-4-6-10/h2-8H,9H2,1H3,(H,18,20). The molecule has 1 aromatic carbocycles. The van der Waals surface area contributed by atoms with Crippen molar-refractivity contribution in [3.63, 3.8) is 0 Å². The number of hydrogen-bond acceptors (Lipinski definition) is 9. The fraction of sp³-hybridized carbons (Fsp3) is 0.118. The largest absolute Gasteiger partial charge is 0.330 e. The summed E-state index contributed by atoms with van der Waals surface area (Å²) in [6, 6.07) is 11.8. The van der Waals surface area contributed by atoms with Gasteiger partial charge in [-0.05, 0) is 23.6 Å². The van der Waals surface area contributed by atoms with E-state index in [9.17, 15) is 4.79 Å². The minimum Gasteiger partial charge on any atom is -0.330 e. The summed E-state index contributed by atoms with van der Waals surface area (Å²) < 4.78 is 5.00. The maximum absolute atomic E-state index is 12.4. The van der Waals surface area contributed by atoms with Gasteiger partial charge in [-0.1, -0.05) is 41.3 Å². The number of fused-ring (bicyclic) bond motifs is 3. The molecule has 5 rings (SSSR count). The number of thioether (sulfide) groups is 1. The van der Waals surface area contributed by atoms with E-state index in [4.69, 9.17) is 0 Å². The lowest BCUT2D eigenvalue weighted by Gasteiger charge is -2.04. The first-order chi connectivity index (χ1) is 13.7. The van der Waals surface area contributed by atoms with Crippen LogP contribution in [0.2, 0.25) is 0 Å². The highest BCUT2D eigenvalue weighted by Gasteiger charge is 2.16. The Hall–Kier alpha value is -2.76. The summed E-state index contributed by atoms with van der Waals surface area (Å²) in [5, 5.41) is 22.8. The van der Waals surface area contributed by atoms with Gasteiger partial charge in [-0.2, -0.15) is 0 Å². The van der Waals surface area contributed by atoms with Gasteiger partial charge in [-0.25, -0.2) is 0 Å². The third-order valence-electron chi connectivity index (χ3n) is 4.15. The number of hydrogen-bond donors (Lipinski definition) is 1. The van der Waals surface area contributed by atoms with E-state index >= 15 is 0 Å². The number of aromatic nitrogens is 6. The number of aryl methyl sites for hydroxylation is 1. The molecule has 0 aliphatic carbocycles. The molecular weight excluding hydrogens is 414 g/mol. The van der Waals surface area contributed by atoms with Gasteiger partial charge < -0.3 is 5.32 Å². The van der Waals surface area contributed by atoms with Crippen LogP contribution in [0.15, 0.2) is 50.9 Å². The van der Waals surface area contributed by atoms with Gasteiger partial charge in [0, 0.05) is 12.7 Å². The lowest BCUT2D eigenvalue weighted by Crippen LogP contribution is -2.19. The molecule has 0 saturated heterocycles. The summed E-state index contributed by atoms with van der Waals surface area (Å²) in [6.07, 6.45) is 0. The second-order valence-electron chi connectivity index (χ2n) is 5.90. The quantitative estimate of drug-likeness (QED) is 0.429. The SMILES string of the molecule is Cn1c(=O)c2sccc2n2c(CSc3nnc(Nc4ccccc4)s3)nnc12. The van der Waals surface area contributed by atoms with E-state index in [1.54, 1.807) is 18.8 Å². The van der Waals surface area contributed by atoms with Crippen LogP contribution in [0.1, 0.15) is 5.82 Å². The Labute approximate surface area is 170 Å². The van der Waals surface area contributed by atoms with Crippen LogP contribution < -0.4 is 10.9 Å². The van der Waals surface area contributed by atoms with E-state index in [1.807, 2.05) is 46.2 Å². The topological polar surface area (TPSA) is 90.0 Å². The van der Waals surface area contributed by atoms with Crippen molar-refractivity contribution in [2.75, 3.05) is 5.32 Å². The summed E-state index contributed by atoms with van der Waals surface area (Å²) in [5.41, 5.74) is 1.76. The van der Waals surface area contributed by atoms with Gasteiger partial charge in [0.1, 0.15) is 10.5 Å². The highest BCUT2D eigenvalue weighted by atomic mass is 32.2. The average molecular weight is 428 g/mol. The predicted octanol–water partition coefficient (Wildman–Crippen LogP) is 3.53. The lowest BCUT2D eigenvalue weighted by molar-refractivity contribution is 0.860. The molecule has 0 aliphatic heterocycles. The van der Waals surface area contributed by atoms with E-state index in [1.165, 1.54) is 27.2 Å². The second-order valence-corrected chi connectivity index (χ2v) is 9.02. The molecule has 0 radical (unpaired) electrons. The molecule has 5 aromatic rings. The highest BCUT2D eigenvalue weighted by Crippen LogP contribution is 2.30. The minimum atomic E-state index is -0.0511. The van der Waals surface area contributed by atoms with Gasteiger partial charge in [0.25, 0.3) is 5.56 Å². The third-order valence-corrected chi connectivity index (χ3v) is 7.01. The zero-order valence-corrected chi connectivity index (χ0v) is 17.0. The van der Waals surface area contributed by atoms with Crippen LogP contribution in [-0.2, 0) is 12.8 Å². The highest BCUT2D eigenvalue weighted by molar-refractivity contribution is 8.00. The van der Waals surface area contributed by atoms with Gasteiger partial charge in [-0.3, -0.25) is 13.8 Å². The van der Waals surface area contributed by atoms with Crippen molar-refractivity contribution in [3.05, 3.63) is 58.0 Å².